The molecule has 0 bridgehead atoms. The van der Waals surface area contributed by atoms with Gasteiger partial charge in [0, 0.05) is 25.0 Å². The highest BCUT2D eigenvalue weighted by Gasteiger charge is 2.01. The Balaban J connectivity index is 2.19. The molecule has 0 saturated carbocycles. The number of pyridine rings is 1. The molecule has 5 nitrogen and oxygen atoms in total. The standard InChI is InChI=1S/C13H13N3O2/c1-14-13(18)16-11-4-2-9(3-5-11)10-6-7-15-12(17)8-10/h2-8H,1H3,(H,15,17)(H2,14,16,18). The van der Waals surface area contributed by atoms with Gasteiger partial charge < -0.3 is 15.7 Å². The first-order chi connectivity index (χ1) is 8.69. The van der Waals surface area contributed by atoms with Crippen LogP contribution in [0.3, 0.4) is 0 Å². The van der Waals surface area contributed by atoms with Crippen LogP contribution in [0, 0.1) is 0 Å². The number of aromatic hydroxyl groups is 1. The van der Waals surface area contributed by atoms with Gasteiger partial charge in [-0.1, -0.05) is 12.1 Å². The molecule has 0 saturated heterocycles. The molecule has 1 aromatic carbocycles. The van der Waals surface area contributed by atoms with Crippen LogP contribution in [-0.4, -0.2) is 23.2 Å². The second-order valence-electron chi connectivity index (χ2n) is 3.68. The van der Waals surface area contributed by atoms with Crippen LogP contribution in [0.25, 0.3) is 11.1 Å². The van der Waals surface area contributed by atoms with Crippen LogP contribution in [0.4, 0.5) is 10.5 Å². The minimum Gasteiger partial charge on any atom is -0.493 e. The Kier molecular flexibility index (Phi) is 3.43. The lowest BCUT2D eigenvalue weighted by Crippen LogP contribution is -2.24. The number of benzene rings is 1. The molecule has 0 unspecified atom stereocenters. The van der Waals surface area contributed by atoms with Gasteiger partial charge in [0.1, 0.15) is 0 Å². The number of carbonyl (C=O) groups is 1. The van der Waals surface area contributed by atoms with Crippen LogP contribution in [-0.2, 0) is 0 Å². The van der Waals surface area contributed by atoms with Crippen molar-refractivity contribution in [2.45, 2.75) is 0 Å². The lowest BCUT2D eigenvalue weighted by molar-refractivity contribution is 0.254. The summed E-state index contributed by atoms with van der Waals surface area (Å²) < 4.78 is 0. The van der Waals surface area contributed by atoms with Gasteiger partial charge in [0.25, 0.3) is 0 Å². The molecule has 2 rings (SSSR count). The Morgan fingerprint density at radius 1 is 1.17 bits per heavy atom. The van der Waals surface area contributed by atoms with Crippen molar-refractivity contribution in [1.82, 2.24) is 10.3 Å². The predicted molar refractivity (Wildman–Crippen MR) is 69.4 cm³/mol. The number of rotatable bonds is 2. The topological polar surface area (TPSA) is 74.2 Å². The van der Waals surface area contributed by atoms with Gasteiger partial charge in [0.2, 0.25) is 5.88 Å². The normalized spacial score (nSPS) is 9.83. The zero-order valence-electron chi connectivity index (χ0n) is 9.84. The molecule has 18 heavy (non-hydrogen) atoms. The summed E-state index contributed by atoms with van der Waals surface area (Å²) in [5.41, 5.74) is 2.51. The highest BCUT2D eigenvalue weighted by atomic mass is 16.3. The van der Waals surface area contributed by atoms with Crippen LogP contribution in [0.5, 0.6) is 5.88 Å². The van der Waals surface area contributed by atoms with E-state index in [4.69, 9.17) is 0 Å². The summed E-state index contributed by atoms with van der Waals surface area (Å²) in [6.07, 6.45) is 1.54. The molecular formula is C13H13N3O2. The quantitative estimate of drug-likeness (QED) is 0.757. The molecular weight excluding hydrogens is 230 g/mol. The highest BCUT2D eigenvalue weighted by Crippen LogP contribution is 2.23. The average Bonchev–Trinajstić information content (AvgIpc) is 2.39. The molecule has 3 N–H and O–H groups in total. The molecule has 0 fully saturated rings. The number of hydrogen-bond acceptors (Lipinski definition) is 3. The second kappa shape index (κ2) is 5.18. The van der Waals surface area contributed by atoms with E-state index in [-0.39, 0.29) is 11.9 Å². The fourth-order valence-corrected chi connectivity index (χ4v) is 1.54. The molecule has 2 amide bonds. The number of aromatic nitrogens is 1. The predicted octanol–water partition coefficient (Wildman–Crippen LogP) is 2.21. The molecule has 0 spiro atoms. The molecule has 0 aliphatic carbocycles. The molecule has 5 heteroatoms. The van der Waals surface area contributed by atoms with Gasteiger partial charge in [0.15, 0.2) is 0 Å². The number of carbonyl (C=O) groups excluding carboxylic acids is 1. The summed E-state index contributed by atoms with van der Waals surface area (Å²) in [4.78, 5) is 14.8. The van der Waals surface area contributed by atoms with E-state index in [2.05, 4.69) is 15.6 Å². The number of nitrogens with zero attached hydrogens (tertiary/aromatic N) is 1. The van der Waals surface area contributed by atoms with Crippen LogP contribution < -0.4 is 10.6 Å². The Hall–Kier alpha value is -2.56. The number of amides is 2. The third kappa shape index (κ3) is 2.76. The highest BCUT2D eigenvalue weighted by molar-refractivity contribution is 5.89. The van der Waals surface area contributed by atoms with Crippen molar-refractivity contribution in [2.24, 2.45) is 0 Å². The molecule has 0 radical (unpaired) electrons. The van der Waals surface area contributed by atoms with E-state index in [9.17, 15) is 9.90 Å². The maximum atomic E-state index is 11.1. The maximum absolute atomic E-state index is 11.1. The summed E-state index contributed by atoms with van der Waals surface area (Å²) in [5, 5.41) is 14.4. The molecule has 92 valence electrons. The zero-order valence-corrected chi connectivity index (χ0v) is 9.84. The molecule has 0 atom stereocenters. The van der Waals surface area contributed by atoms with Gasteiger partial charge in [-0.2, -0.15) is 0 Å². The number of urea groups is 1. The van der Waals surface area contributed by atoms with E-state index in [1.165, 1.54) is 0 Å². The van der Waals surface area contributed by atoms with Gasteiger partial charge in [-0.25, -0.2) is 9.78 Å². The largest absolute Gasteiger partial charge is 0.493 e. The van der Waals surface area contributed by atoms with Gasteiger partial charge in [0.05, 0.1) is 0 Å². The Bertz CT molecular complexity index is 552. The first-order valence-corrected chi connectivity index (χ1v) is 5.43. The molecule has 1 heterocycles. The summed E-state index contributed by atoms with van der Waals surface area (Å²) in [6.45, 7) is 0. The fraction of sp³-hybridized carbons (Fsp3) is 0.0769. The minimum atomic E-state index is -0.260. The Labute approximate surface area is 104 Å². The van der Waals surface area contributed by atoms with Crippen molar-refractivity contribution in [1.29, 1.82) is 0 Å². The maximum Gasteiger partial charge on any atom is 0.318 e. The molecule has 0 aliphatic rings. The Morgan fingerprint density at radius 3 is 2.50 bits per heavy atom. The minimum absolute atomic E-state index is 0.0138. The van der Waals surface area contributed by atoms with E-state index < -0.39 is 0 Å². The smallest absolute Gasteiger partial charge is 0.318 e. The van der Waals surface area contributed by atoms with Crippen LogP contribution in [0.15, 0.2) is 42.6 Å². The van der Waals surface area contributed by atoms with E-state index >= 15 is 0 Å². The van der Waals surface area contributed by atoms with Crippen molar-refractivity contribution in [3.05, 3.63) is 42.6 Å². The summed E-state index contributed by atoms with van der Waals surface area (Å²) in [6, 6.07) is 10.4. The van der Waals surface area contributed by atoms with Crippen molar-refractivity contribution < 1.29 is 9.90 Å². The first-order valence-electron chi connectivity index (χ1n) is 5.43. The number of nitrogens with one attached hydrogen (secondary N) is 2. The van der Waals surface area contributed by atoms with Gasteiger partial charge in [-0.3, -0.25) is 0 Å². The third-order valence-electron chi connectivity index (χ3n) is 2.45. The van der Waals surface area contributed by atoms with Gasteiger partial charge >= 0.3 is 6.03 Å². The zero-order chi connectivity index (χ0) is 13.0. The monoisotopic (exact) mass is 243 g/mol. The first kappa shape index (κ1) is 11.9. The average molecular weight is 243 g/mol. The second-order valence-corrected chi connectivity index (χ2v) is 3.68. The van der Waals surface area contributed by atoms with Crippen LogP contribution in [0.1, 0.15) is 0 Å². The van der Waals surface area contributed by atoms with Crippen LogP contribution >= 0.6 is 0 Å². The van der Waals surface area contributed by atoms with Crippen molar-refractivity contribution in [2.75, 3.05) is 12.4 Å². The summed E-state index contributed by atoms with van der Waals surface area (Å²) in [5.74, 6) is -0.0138. The molecule has 1 aromatic heterocycles. The lowest BCUT2D eigenvalue weighted by Gasteiger charge is -2.06. The number of hydrogen-bond donors (Lipinski definition) is 3. The van der Waals surface area contributed by atoms with Crippen molar-refractivity contribution >= 4 is 11.7 Å². The van der Waals surface area contributed by atoms with Gasteiger partial charge in [-0.15, -0.1) is 0 Å². The van der Waals surface area contributed by atoms with E-state index in [1.54, 1.807) is 37.5 Å². The van der Waals surface area contributed by atoms with E-state index in [1.807, 2.05) is 12.1 Å². The fourth-order valence-electron chi connectivity index (χ4n) is 1.54. The Morgan fingerprint density at radius 2 is 1.89 bits per heavy atom. The third-order valence-corrected chi connectivity index (χ3v) is 2.45. The number of anilines is 1. The van der Waals surface area contributed by atoms with Gasteiger partial charge in [-0.05, 0) is 29.3 Å². The van der Waals surface area contributed by atoms with Crippen molar-refractivity contribution in [3.63, 3.8) is 0 Å². The summed E-state index contributed by atoms with van der Waals surface area (Å²) >= 11 is 0. The molecule has 0 aliphatic heterocycles. The van der Waals surface area contributed by atoms with Crippen LogP contribution in [0.2, 0.25) is 0 Å². The van der Waals surface area contributed by atoms with E-state index in [0.29, 0.717) is 5.69 Å². The molecule has 2 aromatic rings. The summed E-state index contributed by atoms with van der Waals surface area (Å²) in [7, 11) is 1.56. The lowest BCUT2D eigenvalue weighted by atomic mass is 10.1. The SMILES string of the molecule is CNC(=O)Nc1ccc(-c2ccnc(O)c2)cc1. The van der Waals surface area contributed by atoms with Crippen molar-refractivity contribution in [3.8, 4) is 17.0 Å². The van der Waals surface area contributed by atoms with E-state index in [0.717, 1.165) is 11.1 Å².